The summed E-state index contributed by atoms with van der Waals surface area (Å²) in [5.41, 5.74) is 8.84. The summed E-state index contributed by atoms with van der Waals surface area (Å²) < 4.78 is 22.6. The number of pyridine rings is 1. The van der Waals surface area contributed by atoms with Crippen molar-refractivity contribution in [3.05, 3.63) is 48.4 Å². The number of imidazole rings is 1. The average molecular weight is 490 g/mol. The van der Waals surface area contributed by atoms with Crippen LogP contribution in [0.2, 0.25) is 0 Å². The van der Waals surface area contributed by atoms with Crippen molar-refractivity contribution in [1.82, 2.24) is 24.5 Å². The van der Waals surface area contributed by atoms with Gasteiger partial charge in [-0.3, -0.25) is 9.78 Å². The van der Waals surface area contributed by atoms with Crippen LogP contribution >= 0.6 is 0 Å². The molecule has 2 bridgehead atoms. The Kier molecular flexibility index (Phi) is 5.18. The number of aryl methyl sites for hydroxylation is 1. The maximum absolute atomic E-state index is 15.1. The Bertz CT molecular complexity index is 1500. The van der Waals surface area contributed by atoms with Gasteiger partial charge in [-0.25, -0.2) is 19.3 Å². The fourth-order valence-electron chi connectivity index (χ4n) is 4.90. The van der Waals surface area contributed by atoms with Gasteiger partial charge in [-0.1, -0.05) is 0 Å². The number of halogens is 1. The summed E-state index contributed by atoms with van der Waals surface area (Å²) in [4.78, 5) is 32.3. The number of hydrogen-bond acceptors (Lipinski definition) is 9. The van der Waals surface area contributed by atoms with E-state index >= 15 is 4.39 Å². The second-order valence-electron chi connectivity index (χ2n) is 8.93. The number of carbonyl (C=O) groups excluding carboxylic acids is 1. The molecule has 2 aliphatic heterocycles. The van der Waals surface area contributed by atoms with Crippen molar-refractivity contribution < 1.29 is 13.9 Å². The van der Waals surface area contributed by atoms with Gasteiger partial charge in [-0.15, -0.1) is 0 Å². The zero-order valence-electron chi connectivity index (χ0n) is 19.7. The summed E-state index contributed by atoms with van der Waals surface area (Å²) >= 11 is 0. The first-order valence-electron chi connectivity index (χ1n) is 11.5. The Morgan fingerprint density at radius 3 is 2.81 bits per heavy atom. The lowest BCUT2D eigenvalue weighted by Crippen LogP contribution is -2.36. The predicted octanol–water partition coefficient (Wildman–Crippen LogP) is 2.43. The lowest BCUT2D eigenvalue weighted by atomic mass is 10.1. The quantitative estimate of drug-likeness (QED) is 0.373. The third kappa shape index (κ3) is 3.57. The molecule has 0 aliphatic carbocycles. The van der Waals surface area contributed by atoms with Crippen LogP contribution in [0.25, 0.3) is 22.3 Å². The molecule has 0 saturated carbocycles. The van der Waals surface area contributed by atoms with Gasteiger partial charge in [0.2, 0.25) is 0 Å². The molecule has 0 radical (unpaired) electrons. The van der Waals surface area contributed by atoms with E-state index in [4.69, 9.17) is 10.5 Å². The van der Waals surface area contributed by atoms with Gasteiger partial charge in [0.05, 0.1) is 48.0 Å². The van der Waals surface area contributed by atoms with Crippen molar-refractivity contribution >= 4 is 40.0 Å². The SMILES string of the molecule is CNc1nc(Nc2ccc(N3C[C@@H]4C[C@H]3CO4)cc2F)c(C(N)=O)nc1-c1cncc2c1ncn2C. The number of hydrogen-bond donors (Lipinski definition) is 3. The van der Waals surface area contributed by atoms with E-state index in [-0.39, 0.29) is 29.3 Å². The number of rotatable bonds is 6. The molecule has 2 aliphatic rings. The minimum atomic E-state index is -0.805. The van der Waals surface area contributed by atoms with Gasteiger partial charge in [0.1, 0.15) is 17.0 Å². The van der Waals surface area contributed by atoms with Crippen LogP contribution in [0.15, 0.2) is 36.9 Å². The van der Waals surface area contributed by atoms with Gasteiger partial charge in [0, 0.05) is 32.5 Å². The van der Waals surface area contributed by atoms with Crippen LogP contribution in [0.5, 0.6) is 0 Å². The summed E-state index contributed by atoms with van der Waals surface area (Å²) in [5, 5.41) is 5.89. The zero-order valence-corrected chi connectivity index (χ0v) is 19.7. The van der Waals surface area contributed by atoms with E-state index in [2.05, 4.69) is 35.5 Å². The first kappa shape index (κ1) is 22.2. The summed E-state index contributed by atoms with van der Waals surface area (Å²) in [5.74, 6) is -0.893. The zero-order chi connectivity index (χ0) is 25.0. The van der Waals surface area contributed by atoms with Crippen LogP contribution in [0, 0.1) is 5.82 Å². The molecular formula is C24H24FN9O2. The topological polar surface area (TPSA) is 136 Å². The molecule has 2 fully saturated rings. The second kappa shape index (κ2) is 8.41. The fourth-order valence-corrected chi connectivity index (χ4v) is 4.90. The molecule has 2 saturated heterocycles. The highest BCUT2D eigenvalue weighted by atomic mass is 19.1. The monoisotopic (exact) mass is 489 g/mol. The number of carbonyl (C=O) groups is 1. The highest BCUT2D eigenvalue weighted by Gasteiger charge is 2.39. The summed E-state index contributed by atoms with van der Waals surface area (Å²) in [6, 6.07) is 5.20. The van der Waals surface area contributed by atoms with E-state index in [1.807, 2.05) is 17.7 Å². The van der Waals surface area contributed by atoms with Crippen LogP contribution < -0.4 is 21.3 Å². The lowest BCUT2D eigenvalue weighted by Gasteiger charge is -2.29. The minimum absolute atomic E-state index is 0.0389. The molecule has 4 N–H and O–H groups in total. The van der Waals surface area contributed by atoms with E-state index in [1.54, 1.807) is 31.8 Å². The number of benzene rings is 1. The van der Waals surface area contributed by atoms with Crippen LogP contribution in [0.1, 0.15) is 16.9 Å². The number of ether oxygens (including phenoxy) is 1. The third-order valence-corrected chi connectivity index (χ3v) is 6.70. The van der Waals surface area contributed by atoms with Crippen molar-refractivity contribution in [2.24, 2.45) is 12.8 Å². The summed E-state index contributed by atoms with van der Waals surface area (Å²) in [6.45, 7) is 1.41. The second-order valence-corrected chi connectivity index (χ2v) is 8.93. The standard InChI is InChI=1S/C24H24FN9O2/c1-27-23-20(15-7-28-8-18-19(15)29-11-33(18)2)31-21(22(26)35)24(32-23)30-17-4-3-12(6-16(17)25)34-9-14-5-13(34)10-36-14/h3-4,6-8,11,13-14H,5,9-10H2,1-2H3,(H2,26,35)(H2,27,30,32)/t13-,14-/m0/s1. The van der Waals surface area contributed by atoms with E-state index < -0.39 is 11.7 Å². The Labute approximate surface area is 205 Å². The maximum atomic E-state index is 15.1. The van der Waals surface area contributed by atoms with Crippen LogP contribution in [0.4, 0.5) is 27.4 Å². The highest BCUT2D eigenvalue weighted by Crippen LogP contribution is 2.36. The van der Waals surface area contributed by atoms with Crippen LogP contribution in [0.3, 0.4) is 0 Å². The molecule has 5 heterocycles. The Morgan fingerprint density at radius 2 is 2.11 bits per heavy atom. The van der Waals surface area contributed by atoms with E-state index in [0.717, 1.165) is 24.2 Å². The molecule has 3 aromatic heterocycles. The molecule has 184 valence electrons. The molecule has 12 heteroatoms. The van der Waals surface area contributed by atoms with Gasteiger partial charge in [-0.2, -0.15) is 0 Å². The molecule has 11 nitrogen and oxygen atoms in total. The molecule has 6 rings (SSSR count). The van der Waals surface area contributed by atoms with Gasteiger partial charge >= 0.3 is 0 Å². The van der Waals surface area contributed by atoms with Crippen molar-refractivity contribution in [1.29, 1.82) is 0 Å². The molecule has 1 amide bonds. The summed E-state index contributed by atoms with van der Waals surface area (Å²) in [7, 11) is 3.53. The number of aromatic nitrogens is 5. The largest absolute Gasteiger partial charge is 0.374 e. The number of nitrogens with one attached hydrogen (secondary N) is 2. The molecule has 2 atom stereocenters. The van der Waals surface area contributed by atoms with Crippen LogP contribution in [-0.2, 0) is 11.8 Å². The average Bonchev–Trinajstić information content (AvgIpc) is 3.61. The number of nitrogens with two attached hydrogens (primary N) is 1. The lowest BCUT2D eigenvalue weighted by molar-refractivity contribution is 0.0989. The van der Waals surface area contributed by atoms with Gasteiger partial charge in [0.25, 0.3) is 5.91 Å². The fraction of sp³-hybridized carbons (Fsp3) is 0.292. The molecule has 0 unspecified atom stereocenters. The summed E-state index contributed by atoms with van der Waals surface area (Å²) in [6.07, 6.45) is 6.12. The number of morpholine rings is 1. The highest BCUT2D eigenvalue weighted by molar-refractivity contribution is 5.99. The van der Waals surface area contributed by atoms with Gasteiger partial charge in [0.15, 0.2) is 17.3 Å². The maximum Gasteiger partial charge on any atom is 0.271 e. The van der Waals surface area contributed by atoms with Crippen molar-refractivity contribution in [3.8, 4) is 11.3 Å². The molecule has 36 heavy (non-hydrogen) atoms. The number of primary amides is 1. The molecular weight excluding hydrogens is 465 g/mol. The molecule has 1 aromatic carbocycles. The normalized spacial score (nSPS) is 18.7. The Morgan fingerprint density at radius 1 is 1.25 bits per heavy atom. The number of fused-ring (bicyclic) bond motifs is 3. The first-order chi connectivity index (χ1) is 17.4. The Balaban J connectivity index is 1.38. The van der Waals surface area contributed by atoms with E-state index in [0.29, 0.717) is 29.2 Å². The van der Waals surface area contributed by atoms with Crippen molar-refractivity contribution in [2.75, 3.05) is 35.7 Å². The Hall–Kier alpha value is -4.32. The first-order valence-corrected chi connectivity index (χ1v) is 11.5. The van der Waals surface area contributed by atoms with Gasteiger partial charge in [-0.05, 0) is 24.6 Å². The van der Waals surface area contributed by atoms with E-state index in [9.17, 15) is 4.79 Å². The number of nitrogens with zero attached hydrogens (tertiary/aromatic N) is 6. The molecule has 0 spiro atoms. The van der Waals surface area contributed by atoms with Crippen LogP contribution in [-0.4, -0.2) is 62.8 Å². The number of amides is 1. The third-order valence-electron chi connectivity index (χ3n) is 6.70. The minimum Gasteiger partial charge on any atom is -0.374 e. The predicted molar refractivity (Wildman–Crippen MR) is 133 cm³/mol. The smallest absolute Gasteiger partial charge is 0.271 e. The van der Waals surface area contributed by atoms with E-state index in [1.165, 1.54) is 6.07 Å². The number of anilines is 4. The molecule has 4 aromatic rings. The van der Waals surface area contributed by atoms with Crippen molar-refractivity contribution in [2.45, 2.75) is 18.6 Å². The van der Waals surface area contributed by atoms with Crippen molar-refractivity contribution in [3.63, 3.8) is 0 Å². The van der Waals surface area contributed by atoms with Gasteiger partial charge < -0.3 is 30.6 Å².